The van der Waals surface area contributed by atoms with E-state index in [9.17, 15) is 0 Å². The summed E-state index contributed by atoms with van der Waals surface area (Å²) in [4.78, 5) is 0. The minimum absolute atomic E-state index is 0.615. The van der Waals surface area contributed by atoms with Gasteiger partial charge in [0, 0.05) is 13.0 Å². The molecule has 1 aliphatic carbocycles. The van der Waals surface area contributed by atoms with Crippen molar-refractivity contribution in [2.45, 2.75) is 33.6 Å². The third-order valence-electron chi connectivity index (χ3n) is 2.71. The van der Waals surface area contributed by atoms with Gasteiger partial charge in [-0.2, -0.15) is 0 Å². The Morgan fingerprint density at radius 3 is 2.67 bits per heavy atom. The van der Waals surface area contributed by atoms with E-state index in [2.05, 4.69) is 31.0 Å². The van der Waals surface area contributed by atoms with Crippen LogP contribution in [-0.2, 0) is 0 Å². The van der Waals surface area contributed by atoms with E-state index in [1.165, 1.54) is 13.0 Å². The monoisotopic (exact) mass is 165 g/mol. The van der Waals surface area contributed by atoms with E-state index in [1.54, 1.807) is 0 Å². The first-order valence-corrected chi connectivity index (χ1v) is 4.77. The van der Waals surface area contributed by atoms with E-state index in [-0.39, 0.29) is 0 Å². The van der Waals surface area contributed by atoms with Crippen molar-refractivity contribution >= 4 is 0 Å². The van der Waals surface area contributed by atoms with Crippen LogP contribution in [0.5, 0.6) is 0 Å². The fourth-order valence-corrected chi connectivity index (χ4v) is 1.48. The van der Waals surface area contributed by atoms with Gasteiger partial charge in [-0.05, 0) is 31.2 Å². The van der Waals surface area contributed by atoms with E-state index >= 15 is 0 Å². The highest BCUT2D eigenvalue weighted by Gasteiger charge is 2.44. The van der Waals surface area contributed by atoms with Gasteiger partial charge in [0.15, 0.2) is 0 Å². The predicted molar refractivity (Wildman–Crippen MR) is 52.8 cm³/mol. The summed E-state index contributed by atoms with van der Waals surface area (Å²) in [5, 5.41) is 3.44. The molecule has 1 rings (SSSR count). The zero-order valence-corrected chi connectivity index (χ0v) is 8.41. The highest BCUT2D eigenvalue weighted by Crippen LogP contribution is 2.50. The number of nitrogens with one attached hydrogen (secondary N) is 1. The maximum atomic E-state index is 3.44. The van der Waals surface area contributed by atoms with Crippen molar-refractivity contribution in [1.29, 1.82) is 0 Å². The Morgan fingerprint density at radius 1 is 1.50 bits per heavy atom. The largest absolute Gasteiger partial charge is 0.315 e. The van der Waals surface area contributed by atoms with E-state index in [1.807, 2.05) is 6.92 Å². The minimum Gasteiger partial charge on any atom is -0.315 e. The average molecular weight is 165 g/mol. The van der Waals surface area contributed by atoms with Crippen molar-refractivity contribution in [1.82, 2.24) is 5.32 Å². The molecule has 0 aliphatic heterocycles. The van der Waals surface area contributed by atoms with Gasteiger partial charge < -0.3 is 5.32 Å². The van der Waals surface area contributed by atoms with E-state index in [4.69, 9.17) is 0 Å². The average Bonchev–Trinajstić information content (AvgIpc) is 2.59. The molecule has 1 fully saturated rings. The molecule has 0 heterocycles. The van der Waals surface area contributed by atoms with E-state index in [0.29, 0.717) is 5.41 Å². The Labute approximate surface area is 75.9 Å². The second-order valence-corrected chi connectivity index (χ2v) is 4.27. The molecule has 1 nitrogen and oxygen atoms in total. The van der Waals surface area contributed by atoms with Gasteiger partial charge in [-0.1, -0.05) is 13.8 Å². The third kappa shape index (κ3) is 2.87. The zero-order valence-electron chi connectivity index (χ0n) is 8.41. The highest BCUT2D eigenvalue weighted by atomic mass is 14.9. The van der Waals surface area contributed by atoms with Crippen LogP contribution >= 0.6 is 0 Å². The van der Waals surface area contributed by atoms with Crippen LogP contribution in [0.4, 0.5) is 0 Å². The standard InChI is InChI=1S/C11H19N/c1-4-5-6-7-12-9-10-8-11(10,2)3/h10,12H,6-9H2,1-3H3. The van der Waals surface area contributed by atoms with Gasteiger partial charge in [-0.3, -0.25) is 0 Å². The smallest absolute Gasteiger partial charge is 0.0214 e. The quantitative estimate of drug-likeness (QED) is 0.496. The summed E-state index contributed by atoms with van der Waals surface area (Å²) in [6.45, 7) is 8.80. The lowest BCUT2D eigenvalue weighted by Crippen LogP contribution is -2.19. The van der Waals surface area contributed by atoms with Crippen LogP contribution in [0.3, 0.4) is 0 Å². The third-order valence-corrected chi connectivity index (χ3v) is 2.71. The molecule has 0 aromatic carbocycles. The van der Waals surface area contributed by atoms with Crippen molar-refractivity contribution in [2.24, 2.45) is 11.3 Å². The lowest BCUT2D eigenvalue weighted by Gasteiger charge is -2.03. The van der Waals surface area contributed by atoms with E-state index < -0.39 is 0 Å². The fraction of sp³-hybridized carbons (Fsp3) is 0.818. The lowest BCUT2D eigenvalue weighted by atomic mass is 10.1. The Bertz CT molecular complexity index is 195. The molecule has 0 amide bonds. The molecule has 0 aromatic rings. The molecular weight excluding hydrogens is 146 g/mol. The summed E-state index contributed by atoms with van der Waals surface area (Å²) in [5.74, 6) is 6.86. The summed E-state index contributed by atoms with van der Waals surface area (Å²) < 4.78 is 0. The first kappa shape index (κ1) is 9.61. The van der Waals surface area contributed by atoms with Gasteiger partial charge in [-0.25, -0.2) is 0 Å². The maximum absolute atomic E-state index is 3.44. The number of hydrogen-bond acceptors (Lipinski definition) is 1. The van der Waals surface area contributed by atoms with Crippen molar-refractivity contribution < 1.29 is 0 Å². The molecule has 1 unspecified atom stereocenters. The van der Waals surface area contributed by atoms with Crippen molar-refractivity contribution in [2.75, 3.05) is 13.1 Å². The Balaban J connectivity index is 1.93. The fourth-order valence-electron chi connectivity index (χ4n) is 1.48. The first-order chi connectivity index (χ1) is 5.67. The zero-order chi connectivity index (χ0) is 9.03. The molecule has 68 valence electrons. The van der Waals surface area contributed by atoms with Crippen molar-refractivity contribution in [3.8, 4) is 11.8 Å². The van der Waals surface area contributed by atoms with Gasteiger partial charge in [0.05, 0.1) is 0 Å². The SMILES string of the molecule is CC#CCCNCC1CC1(C)C. The molecule has 0 aromatic heterocycles. The molecule has 0 radical (unpaired) electrons. The van der Waals surface area contributed by atoms with Gasteiger partial charge in [0.1, 0.15) is 0 Å². The Kier molecular flexibility index (Phi) is 3.17. The molecule has 0 bridgehead atoms. The van der Waals surface area contributed by atoms with Crippen LogP contribution in [0.15, 0.2) is 0 Å². The molecule has 1 atom stereocenters. The van der Waals surface area contributed by atoms with Gasteiger partial charge in [0.2, 0.25) is 0 Å². The van der Waals surface area contributed by atoms with Crippen LogP contribution in [0.1, 0.15) is 33.6 Å². The molecule has 0 spiro atoms. The van der Waals surface area contributed by atoms with Crippen molar-refractivity contribution in [3.63, 3.8) is 0 Å². The van der Waals surface area contributed by atoms with Gasteiger partial charge >= 0.3 is 0 Å². The Hall–Kier alpha value is -0.480. The topological polar surface area (TPSA) is 12.0 Å². The van der Waals surface area contributed by atoms with Gasteiger partial charge in [-0.15, -0.1) is 11.8 Å². The van der Waals surface area contributed by atoms with Gasteiger partial charge in [0.25, 0.3) is 0 Å². The highest BCUT2D eigenvalue weighted by molar-refractivity contribution is 4.97. The summed E-state index contributed by atoms with van der Waals surface area (Å²) in [5.41, 5.74) is 0.615. The minimum atomic E-state index is 0.615. The molecule has 1 saturated carbocycles. The van der Waals surface area contributed by atoms with Crippen LogP contribution in [0.2, 0.25) is 0 Å². The molecule has 12 heavy (non-hydrogen) atoms. The summed E-state index contributed by atoms with van der Waals surface area (Å²) >= 11 is 0. The number of hydrogen-bond donors (Lipinski definition) is 1. The second kappa shape index (κ2) is 3.96. The molecule has 1 N–H and O–H groups in total. The molecule has 1 aliphatic rings. The van der Waals surface area contributed by atoms with Crippen LogP contribution in [-0.4, -0.2) is 13.1 Å². The van der Waals surface area contributed by atoms with E-state index in [0.717, 1.165) is 18.9 Å². The first-order valence-electron chi connectivity index (χ1n) is 4.77. The second-order valence-electron chi connectivity index (χ2n) is 4.27. The Morgan fingerprint density at radius 2 is 2.17 bits per heavy atom. The summed E-state index contributed by atoms with van der Waals surface area (Å²) in [7, 11) is 0. The summed E-state index contributed by atoms with van der Waals surface area (Å²) in [6.07, 6.45) is 2.38. The van der Waals surface area contributed by atoms with Crippen LogP contribution < -0.4 is 5.32 Å². The molecular formula is C11H19N. The lowest BCUT2D eigenvalue weighted by molar-refractivity contribution is 0.523. The number of rotatable bonds is 4. The normalized spacial score (nSPS) is 24.4. The molecule has 0 saturated heterocycles. The predicted octanol–water partition coefficient (Wildman–Crippen LogP) is 2.04. The van der Waals surface area contributed by atoms with Crippen LogP contribution in [0.25, 0.3) is 0 Å². The maximum Gasteiger partial charge on any atom is 0.0214 e. The van der Waals surface area contributed by atoms with Crippen molar-refractivity contribution in [3.05, 3.63) is 0 Å². The summed E-state index contributed by atoms with van der Waals surface area (Å²) in [6, 6.07) is 0. The molecule has 1 heteroatoms. The van der Waals surface area contributed by atoms with Crippen LogP contribution in [0, 0.1) is 23.2 Å².